The summed E-state index contributed by atoms with van der Waals surface area (Å²) >= 11 is 6.49. The van der Waals surface area contributed by atoms with Crippen LogP contribution in [0.25, 0.3) is 6.08 Å². The third-order valence-electron chi connectivity index (χ3n) is 3.32. The number of thiophene rings is 1. The summed E-state index contributed by atoms with van der Waals surface area (Å²) in [4.78, 5) is 24.5. The van der Waals surface area contributed by atoms with Gasteiger partial charge in [-0.15, -0.1) is 11.3 Å². The number of furan rings is 1. The SMILES string of the molecule is O=C(/C=C/c1ccco1)NC(=S)Nc1ccc(NC(=O)c2cccs2)cc1. The molecule has 2 aromatic heterocycles. The molecular weight excluding hydrogens is 382 g/mol. The number of benzene rings is 1. The van der Waals surface area contributed by atoms with Gasteiger partial charge in [-0.05, 0) is 66.1 Å². The van der Waals surface area contributed by atoms with Gasteiger partial charge in [-0.1, -0.05) is 6.07 Å². The van der Waals surface area contributed by atoms with E-state index in [0.29, 0.717) is 22.0 Å². The second-order valence-corrected chi connectivity index (χ2v) is 6.66. The molecule has 0 aliphatic rings. The van der Waals surface area contributed by atoms with Gasteiger partial charge in [0, 0.05) is 17.5 Å². The third-order valence-corrected chi connectivity index (χ3v) is 4.40. The summed E-state index contributed by atoms with van der Waals surface area (Å²) in [6.07, 6.45) is 4.40. The van der Waals surface area contributed by atoms with Crippen LogP contribution >= 0.6 is 23.6 Å². The summed E-state index contributed by atoms with van der Waals surface area (Å²) in [5.74, 6) is 0.0461. The van der Waals surface area contributed by atoms with Gasteiger partial charge in [0.05, 0.1) is 11.1 Å². The van der Waals surface area contributed by atoms with E-state index in [1.165, 1.54) is 23.7 Å². The van der Waals surface area contributed by atoms with Crippen LogP contribution in [0, 0.1) is 0 Å². The number of carbonyl (C=O) groups is 2. The van der Waals surface area contributed by atoms with Gasteiger partial charge in [-0.2, -0.15) is 0 Å². The molecule has 0 aliphatic heterocycles. The van der Waals surface area contributed by atoms with Crippen molar-refractivity contribution < 1.29 is 14.0 Å². The minimum absolute atomic E-state index is 0.156. The Hall–Kier alpha value is -3.23. The lowest BCUT2D eigenvalue weighted by Crippen LogP contribution is -2.32. The molecule has 2 amide bonds. The highest BCUT2D eigenvalue weighted by Crippen LogP contribution is 2.16. The number of anilines is 2. The highest BCUT2D eigenvalue weighted by Gasteiger charge is 2.07. The normalized spacial score (nSPS) is 10.5. The van der Waals surface area contributed by atoms with Crippen LogP contribution in [0.5, 0.6) is 0 Å². The second kappa shape index (κ2) is 8.93. The van der Waals surface area contributed by atoms with E-state index >= 15 is 0 Å². The van der Waals surface area contributed by atoms with Crippen molar-refractivity contribution in [3.05, 3.63) is 76.9 Å². The number of hydrogen-bond donors (Lipinski definition) is 3. The lowest BCUT2D eigenvalue weighted by molar-refractivity contribution is -0.115. The fraction of sp³-hybridized carbons (Fsp3) is 0. The van der Waals surface area contributed by atoms with Gasteiger partial charge in [0.15, 0.2) is 5.11 Å². The van der Waals surface area contributed by atoms with Crippen molar-refractivity contribution in [2.75, 3.05) is 10.6 Å². The maximum absolute atomic E-state index is 12.0. The molecule has 0 bridgehead atoms. The first-order valence-corrected chi connectivity index (χ1v) is 9.17. The van der Waals surface area contributed by atoms with E-state index in [1.807, 2.05) is 11.4 Å². The molecule has 8 heteroatoms. The van der Waals surface area contributed by atoms with Crippen molar-refractivity contribution in [1.82, 2.24) is 5.32 Å². The van der Waals surface area contributed by atoms with E-state index in [9.17, 15) is 9.59 Å². The molecule has 136 valence electrons. The Kier molecular flexibility index (Phi) is 6.14. The lowest BCUT2D eigenvalue weighted by Gasteiger charge is -2.09. The van der Waals surface area contributed by atoms with E-state index < -0.39 is 0 Å². The molecule has 0 fully saturated rings. The zero-order chi connectivity index (χ0) is 19.1. The maximum Gasteiger partial charge on any atom is 0.265 e. The van der Waals surface area contributed by atoms with Gasteiger partial charge >= 0.3 is 0 Å². The molecular formula is C19H15N3O3S2. The predicted molar refractivity (Wildman–Crippen MR) is 111 cm³/mol. The quantitative estimate of drug-likeness (QED) is 0.446. The molecule has 3 N–H and O–H groups in total. The van der Waals surface area contributed by atoms with Gasteiger partial charge in [0.1, 0.15) is 5.76 Å². The summed E-state index contributed by atoms with van der Waals surface area (Å²) in [6, 6.07) is 14.0. The van der Waals surface area contributed by atoms with Gasteiger partial charge in [0.25, 0.3) is 5.91 Å². The molecule has 27 heavy (non-hydrogen) atoms. The summed E-state index contributed by atoms with van der Waals surface area (Å²) in [5.41, 5.74) is 1.35. The van der Waals surface area contributed by atoms with Crippen molar-refractivity contribution >= 4 is 57.9 Å². The average Bonchev–Trinajstić information content (AvgIpc) is 3.35. The molecule has 3 aromatic rings. The van der Waals surface area contributed by atoms with E-state index in [1.54, 1.807) is 48.5 Å². The number of rotatable bonds is 5. The van der Waals surface area contributed by atoms with Crippen LogP contribution in [-0.4, -0.2) is 16.9 Å². The lowest BCUT2D eigenvalue weighted by atomic mass is 10.2. The Morgan fingerprint density at radius 3 is 2.37 bits per heavy atom. The highest BCUT2D eigenvalue weighted by molar-refractivity contribution is 7.80. The predicted octanol–water partition coefficient (Wildman–Crippen LogP) is 4.12. The molecule has 0 radical (unpaired) electrons. The zero-order valence-electron chi connectivity index (χ0n) is 14.0. The van der Waals surface area contributed by atoms with Crippen LogP contribution in [0.15, 0.2) is 70.7 Å². The first kappa shape index (κ1) is 18.6. The van der Waals surface area contributed by atoms with Crippen LogP contribution < -0.4 is 16.0 Å². The summed E-state index contributed by atoms with van der Waals surface area (Å²) in [7, 11) is 0. The van der Waals surface area contributed by atoms with Crippen molar-refractivity contribution in [1.29, 1.82) is 0 Å². The first-order chi connectivity index (χ1) is 13.1. The molecule has 1 aromatic carbocycles. The molecule has 0 saturated heterocycles. The molecule has 3 rings (SSSR count). The zero-order valence-corrected chi connectivity index (χ0v) is 15.6. The van der Waals surface area contributed by atoms with E-state index in [-0.39, 0.29) is 16.9 Å². The number of nitrogens with one attached hydrogen (secondary N) is 3. The molecule has 0 unspecified atom stereocenters. The van der Waals surface area contributed by atoms with E-state index in [0.717, 1.165) is 0 Å². The topological polar surface area (TPSA) is 83.4 Å². The minimum atomic E-state index is -0.372. The Balaban J connectivity index is 1.49. The Morgan fingerprint density at radius 2 is 1.74 bits per heavy atom. The molecule has 0 atom stereocenters. The smallest absolute Gasteiger partial charge is 0.265 e. The molecule has 0 spiro atoms. The third kappa shape index (κ3) is 5.63. The molecule has 6 nitrogen and oxygen atoms in total. The number of thiocarbonyl (C=S) groups is 1. The van der Waals surface area contributed by atoms with Crippen LogP contribution in [0.1, 0.15) is 15.4 Å². The summed E-state index contributed by atoms with van der Waals surface area (Å²) < 4.78 is 5.10. The maximum atomic E-state index is 12.0. The highest BCUT2D eigenvalue weighted by atomic mass is 32.1. The van der Waals surface area contributed by atoms with Crippen molar-refractivity contribution in [3.8, 4) is 0 Å². The molecule has 2 heterocycles. The Bertz CT molecular complexity index is 947. The number of carbonyl (C=O) groups excluding carboxylic acids is 2. The first-order valence-electron chi connectivity index (χ1n) is 7.88. The van der Waals surface area contributed by atoms with Crippen LogP contribution in [0.4, 0.5) is 11.4 Å². The van der Waals surface area contributed by atoms with Gasteiger partial charge in [0.2, 0.25) is 5.91 Å². The molecule has 0 saturated carbocycles. The fourth-order valence-electron chi connectivity index (χ4n) is 2.10. The number of amides is 2. The average molecular weight is 397 g/mol. The minimum Gasteiger partial charge on any atom is -0.465 e. The standard InChI is InChI=1S/C19H15N3O3S2/c23-17(10-9-15-3-1-11-25-15)22-19(26)21-14-7-5-13(6-8-14)20-18(24)16-4-2-12-27-16/h1-12H,(H,20,24)(H2,21,22,23,26)/b10-9+. The van der Waals surface area contributed by atoms with E-state index in [4.69, 9.17) is 16.6 Å². The van der Waals surface area contributed by atoms with Crippen molar-refractivity contribution in [3.63, 3.8) is 0 Å². The second-order valence-electron chi connectivity index (χ2n) is 5.30. The Morgan fingerprint density at radius 1 is 1.00 bits per heavy atom. The largest absolute Gasteiger partial charge is 0.465 e. The van der Waals surface area contributed by atoms with Crippen LogP contribution in [0.2, 0.25) is 0 Å². The van der Waals surface area contributed by atoms with Gasteiger partial charge in [-0.25, -0.2) is 0 Å². The van der Waals surface area contributed by atoms with Gasteiger partial charge < -0.3 is 15.1 Å². The van der Waals surface area contributed by atoms with Crippen LogP contribution in [-0.2, 0) is 4.79 Å². The van der Waals surface area contributed by atoms with Crippen molar-refractivity contribution in [2.45, 2.75) is 0 Å². The Labute approximate surface area is 164 Å². The summed E-state index contributed by atoms with van der Waals surface area (Å²) in [6.45, 7) is 0. The van der Waals surface area contributed by atoms with Gasteiger partial charge in [-0.3, -0.25) is 14.9 Å². The monoisotopic (exact) mass is 397 g/mol. The van der Waals surface area contributed by atoms with E-state index in [2.05, 4.69) is 16.0 Å². The fourth-order valence-corrected chi connectivity index (χ4v) is 2.93. The summed E-state index contributed by atoms with van der Waals surface area (Å²) in [5, 5.41) is 10.3. The molecule has 0 aliphatic carbocycles. The van der Waals surface area contributed by atoms with Crippen LogP contribution in [0.3, 0.4) is 0 Å². The van der Waals surface area contributed by atoms with Crippen molar-refractivity contribution in [2.24, 2.45) is 0 Å². The number of hydrogen-bond acceptors (Lipinski definition) is 5.